The van der Waals surface area contributed by atoms with Crippen LogP contribution in [0.15, 0.2) is 18.3 Å². The molecule has 0 aliphatic heterocycles. The lowest BCUT2D eigenvalue weighted by Gasteiger charge is -2.03. The number of halogens is 1. The lowest BCUT2D eigenvalue weighted by atomic mass is 10.2. The standard InChI is InChI=1S/C10H16ClN3/c11-10-4-3-9(8-14-10)7-13-6-2-1-5-12/h3-4,8,13H,1-2,5-7,12H2. The van der Waals surface area contributed by atoms with E-state index in [2.05, 4.69) is 10.3 Å². The van der Waals surface area contributed by atoms with Gasteiger partial charge in [0.15, 0.2) is 0 Å². The molecule has 0 radical (unpaired) electrons. The highest BCUT2D eigenvalue weighted by atomic mass is 35.5. The first-order chi connectivity index (χ1) is 6.83. The molecule has 14 heavy (non-hydrogen) atoms. The molecule has 0 aromatic carbocycles. The van der Waals surface area contributed by atoms with Gasteiger partial charge in [0.25, 0.3) is 0 Å². The van der Waals surface area contributed by atoms with Crippen LogP contribution in [0.5, 0.6) is 0 Å². The second kappa shape index (κ2) is 6.76. The zero-order valence-corrected chi connectivity index (χ0v) is 8.93. The molecule has 1 rings (SSSR count). The van der Waals surface area contributed by atoms with Crippen LogP contribution >= 0.6 is 11.6 Å². The fraction of sp³-hybridized carbons (Fsp3) is 0.500. The predicted octanol–water partition coefficient (Wildman–Crippen LogP) is 1.56. The maximum absolute atomic E-state index is 5.67. The van der Waals surface area contributed by atoms with Crippen molar-refractivity contribution in [3.63, 3.8) is 0 Å². The molecule has 4 heteroatoms. The third-order valence-corrected chi connectivity index (χ3v) is 2.15. The van der Waals surface area contributed by atoms with Gasteiger partial charge in [-0.3, -0.25) is 0 Å². The van der Waals surface area contributed by atoms with Crippen molar-refractivity contribution in [1.29, 1.82) is 0 Å². The Morgan fingerprint density at radius 1 is 1.36 bits per heavy atom. The summed E-state index contributed by atoms with van der Waals surface area (Å²) < 4.78 is 0. The van der Waals surface area contributed by atoms with E-state index in [1.807, 2.05) is 6.07 Å². The monoisotopic (exact) mass is 213 g/mol. The Hall–Kier alpha value is -0.640. The topological polar surface area (TPSA) is 50.9 Å². The molecule has 0 fully saturated rings. The molecule has 3 nitrogen and oxygen atoms in total. The van der Waals surface area contributed by atoms with E-state index < -0.39 is 0 Å². The Bertz CT molecular complexity index is 248. The SMILES string of the molecule is NCCCCNCc1ccc(Cl)nc1. The number of hydrogen-bond acceptors (Lipinski definition) is 3. The van der Waals surface area contributed by atoms with E-state index in [0.717, 1.165) is 38.0 Å². The highest BCUT2D eigenvalue weighted by Crippen LogP contribution is 2.04. The molecular formula is C10H16ClN3. The van der Waals surface area contributed by atoms with Gasteiger partial charge in [-0.05, 0) is 37.6 Å². The van der Waals surface area contributed by atoms with E-state index in [-0.39, 0.29) is 0 Å². The van der Waals surface area contributed by atoms with Gasteiger partial charge in [-0.25, -0.2) is 4.98 Å². The van der Waals surface area contributed by atoms with Crippen LogP contribution in [0, 0.1) is 0 Å². The van der Waals surface area contributed by atoms with Gasteiger partial charge in [0.05, 0.1) is 0 Å². The van der Waals surface area contributed by atoms with E-state index in [9.17, 15) is 0 Å². The molecule has 0 bridgehead atoms. The summed E-state index contributed by atoms with van der Waals surface area (Å²) in [7, 11) is 0. The molecule has 0 saturated carbocycles. The first-order valence-electron chi connectivity index (χ1n) is 4.84. The summed E-state index contributed by atoms with van der Waals surface area (Å²) in [6.45, 7) is 2.61. The first-order valence-corrected chi connectivity index (χ1v) is 5.22. The Morgan fingerprint density at radius 2 is 2.21 bits per heavy atom. The summed E-state index contributed by atoms with van der Waals surface area (Å²) in [4.78, 5) is 4.00. The Morgan fingerprint density at radius 3 is 2.86 bits per heavy atom. The van der Waals surface area contributed by atoms with Crippen LogP contribution in [0.1, 0.15) is 18.4 Å². The minimum Gasteiger partial charge on any atom is -0.330 e. The summed E-state index contributed by atoms with van der Waals surface area (Å²) in [6.07, 6.45) is 3.99. The Kier molecular flexibility index (Phi) is 5.52. The van der Waals surface area contributed by atoms with E-state index in [4.69, 9.17) is 17.3 Å². The molecule has 0 aliphatic carbocycles. The van der Waals surface area contributed by atoms with Gasteiger partial charge < -0.3 is 11.1 Å². The number of nitrogens with one attached hydrogen (secondary N) is 1. The lowest BCUT2D eigenvalue weighted by Crippen LogP contribution is -2.15. The van der Waals surface area contributed by atoms with Crippen molar-refractivity contribution in [2.45, 2.75) is 19.4 Å². The maximum atomic E-state index is 5.67. The molecule has 3 N–H and O–H groups in total. The molecule has 0 amide bonds. The van der Waals surface area contributed by atoms with Crippen LogP contribution in [0.4, 0.5) is 0 Å². The summed E-state index contributed by atoms with van der Waals surface area (Å²) >= 11 is 5.67. The molecule has 1 heterocycles. The molecule has 0 unspecified atom stereocenters. The minimum absolute atomic E-state index is 0.539. The number of pyridine rings is 1. The highest BCUT2D eigenvalue weighted by Gasteiger charge is 1.93. The van der Waals surface area contributed by atoms with Crippen molar-refractivity contribution in [1.82, 2.24) is 10.3 Å². The fourth-order valence-corrected chi connectivity index (χ4v) is 1.25. The first kappa shape index (κ1) is 11.4. The van der Waals surface area contributed by atoms with Crippen molar-refractivity contribution in [3.8, 4) is 0 Å². The van der Waals surface area contributed by atoms with Gasteiger partial charge >= 0.3 is 0 Å². The largest absolute Gasteiger partial charge is 0.330 e. The van der Waals surface area contributed by atoms with Crippen LogP contribution in [0.2, 0.25) is 5.15 Å². The lowest BCUT2D eigenvalue weighted by molar-refractivity contribution is 0.626. The minimum atomic E-state index is 0.539. The van der Waals surface area contributed by atoms with Gasteiger partial charge in [0, 0.05) is 12.7 Å². The molecule has 78 valence electrons. The van der Waals surface area contributed by atoms with E-state index >= 15 is 0 Å². The third-order valence-electron chi connectivity index (χ3n) is 1.93. The smallest absolute Gasteiger partial charge is 0.129 e. The van der Waals surface area contributed by atoms with E-state index in [1.54, 1.807) is 12.3 Å². The Labute approximate surface area is 89.7 Å². The van der Waals surface area contributed by atoms with Crippen molar-refractivity contribution >= 4 is 11.6 Å². The van der Waals surface area contributed by atoms with Crippen LogP contribution in [0.25, 0.3) is 0 Å². The van der Waals surface area contributed by atoms with Crippen molar-refractivity contribution in [3.05, 3.63) is 29.0 Å². The number of unbranched alkanes of at least 4 members (excludes halogenated alkanes) is 1. The molecule has 1 aromatic rings. The Balaban J connectivity index is 2.15. The van der Waals surface area contributed by atoms with E-state index in [0.29, 0.717) is 5.15 Å². The molecule has 0 atom stereocenters. The number of nitrogens with zero attached hydrogens (tertiary/aromatic N) is 1. The van der Waals surface area contributed by atoms with Crippen LogP contribution in [-0.4, -0.2) is 18.1 Å². The molecular weight excluding hydrogens is 198 g/mol. The van der Waals surface area contributed by atoms with Gasteiger partial charge in [-0.2, -0.15) is 0 Å². The van der Waals surface area contributed by atoms with Crippen molar-refractivity contribution < 1.29 is 0 Å². The second-order valence-electron chi connectivity index (χ2n) is 3.16. The number of rotatable bonds is 6. The third kappa shape index (κ3) is 4.56. The van der Waals surface area contributed by atoms with Crippen molar-refractivity contribution in [2.24, 2.45) is 5.73 Å². The predicted molar refractivity (Wildman–Crippen MR) is 59.2 cm³/mol. The van der Waals surface area contributed by atoms with Gasteiger partial charge in [-0.1, -0.05) is 17.7 Å². The van der Waals surface area contributed by atoms with Crippen molar-refractivity contribution in [2.75, 3.05) is 13.1 Å². The number of hydrogen-bond donors (Lipinski definition) is 2. The normalized spacial score (nSPS) is 10.4. The average molecular weight is 214 g/mol. The zero-order chi connectivity index (χ0) is 10.2. The molecule has 0 saturated heterocycles. The van der Waals surface area contributed by atoms with Gasteiger partial charge in [-0.15, -0.1) is 0 Å². The summed E-state index contributed by atoms with van der Waals surface area (Å²) in [6, 6.07) is 3.78. The van der Waals surface area contributed by atoms with E-state index in [1.165, 1.54) is 0 Å². The second-order valence-corrected chi connectivity index (χ2v) is 3.55. The van der Waals surface area contributed by atoms with Gasteiger partial charge in [0.2, 0.25) is 0 Å². The molecule has 0 aliphatic rings. The van der Waals surface area contributed by atoms with Crippen LogP contribution in [-0.2, 0) is 6.54 Å². The maximum Gasteiger partial charge on any atom is 0.129 e. The highest BCUT2D eigenvalue weighted by molar-refractivity contribution is 6.29. The summed E-state index contributed by atoms with van der Waals surface area (Å²) in [5.74, 6) is 0. The van der Waals surface area contributed by atoms with Gasteiger partial charge in [0.1, 0.15) is 5.15 Å². The molecule has 0 spiro atoms. The van der Waals surface area contributed by atoms with Crippen LogP contribution in [0.3, 0.4) is 0 Å². The zero-order valence-electron chi connectivity index (χ0n) is 8.17. The quantitative estimate of drug-likeness (QED) is 0.557. The molecule has 1 aromatic heterocycles. The average Bonchev–Trinajstić information content (AvgIpc) is 2.21. The van der Waals surface area contributed by atoms with Crippen LogP contribution < -0.4 is 11.1 Å². The number of aromatic nitrogens is 1. The summed E-state index contributed by atoms with van der Waals surface area (Å²) in [5, 5.41) is 3.86. The number of nitrogens with two attached hydrogens (primary N) is 1. The fourth-order valence-electron chi connectivity index (χ4n) is 1.14. The summed E-state index contributed by atoms with van der Waals surface area (Å²) in [5.41, 5.74) is 6.54.